The molecule has 0 amide bonds. The summed E-state index contributed by atoms with van der Waals surface area (Å²) in [6, 6.07) is 16.1. The van der Waals surface area contributed by atoms with E-state index in [1.165, 1.54) is 0 Å². The van der Waals surface area contributed by atoms with Crippen molar-refractivity contribution in [3.05, 3.63) is 66.6 Å². The molecule has 2 aromatic carbocycles. The second-order valence-corrected chi connectivity index (χ2v) is 4.63. The molecule has 0 bridgehead atoms. The van der Waals surface area contributed by atoms with Gasteiger partial charge >= 0.3 is 0 Å². The summed E-state index contributed by atoms with van der Waals surface area (Å²) < 4.78 is 6.01. The number of para-hydroxylation sites is 2. The molecule has 0 unspecified atom stereocenters. The minimum absolute atomic E-state index is 0. The van der Waals surface area contributed by atoms with Crippen LogP contribution in [0.25, 0.3) is 0 Å². The summed E-state index contributed by atoms with van der Waals surface area (Å²) >= 11 is 0. The fourth-order valence-corrected chi connectivity index (χ4v) is 2.60. The van der Waals surface area contributed by atoms with Gasteiger partial charge in [0.1, 0.15) is 11.5 Å². The second kappa shape index (κ2) is 13.6. The average molecular weight is 403 g/mol. The third-order valence-electron chi connectivity index (χ3n) is 3.60. The average Bonchev–Trinajstić information content (AvgIpc) is 2.72. The standard InChI is InChI=1S/C16H16NO.2C2H6.CH4.Y/c1-11-12-6-2-4-8-15(12)18-16-9-5-3-7-13(16)14(11)10-17;2*1-2;;/h2-9,11,14H,1,10,17H2;2*1-2H3;1H4;/q-1;;;;/t11-,14+;;;;/m0..../s1. The van der Waals surface area contributed by atoms with Crippen molar-refractivity contribution in [3.8, 4) is 11.5 Å². The summed E-state index contributed by atoms with van der Waals surface area (Å²) in [6.07, 6.45) is 0. The van der Waals surface area contributed by atoms with E-state index in [2.05, 4.69) is 19.1 Å². The van der Waals surface area contributed by atoms with Crippen LogP contribution in [0.4, 0.5) is 0 Å². The van der Waals surface area contributed by atoms with Crippen LogP contribution in [-0.2, 0) is 32.7 Å². The predicted molar refractivity (Wildman–Crippen MR) is 102 cm³/mol. The third kappa shape index (κ3) is 5.69. The van der Waals surface area contributed by atoms with Crippen molar-refractivity contribution in [1.29, 1.82) is 0 Å². The van der Waals surface area contributed by atoms with Crippen molar-refractivity contribution in [2.45, 2.75) is 47.0 Å². The zero-order valence-corrected chi connectivity index (χ0v) is 17.6. The molecule has 1 aliphatic heterocycles. The monoisotopic (exact) mass is 403 g/mol. The van der Waals surface area contributed by atoms with E-state index >= 15 is 0 Å². The van der Waals surface area contributed by atoms with E-state index in [9.17, 15) is 0 Å². The maximum absolute atomic E-state index is 6.01. The molecule has 3 rings (SSSR count). The van der Waals surface area contributed by atoms with E-state index in [0.717, 1.165) is 22.6 Å². The number of hydrogen-bond acceptors (Lipinski definition) is 2. The normalized spacial score (nSPS) is 16.6. The second-order valence-electron chi connectivity index (χ2n) is 4.63. The summed E-state index contributed by atoms with van der Waals surface area (Å²) in [5.74, 6) is 2.10. The number of nitrogens with two attached hydrogens (primary N) is 1. The topological polar surface area (TPSA) is 35.2 Å². The van der Waals surface area contributed by atoms with E-state index in [-0.39, 0.29) is 52.0 Å². The molecule has 0 spiro atoms. The Hall–Kier alpha value is -0.696. The van der Waals surface area contributed by atoms with Crippen molar-refractivity contribution in [2.75, 3.05) is 6.54 Å². The molecule has 0 aromatic heterocycles. The molecule has 3 heteroatoms. The van der Waals surface area contributed by atoms with Gasteiger partial charge in [-0.1, -0.05) is 71.5 Å². The molecular weight excluding hydrogens is 371 g/mol. The van der Waals surface area contributed by atoms with Crippen LogP contribution in [-0.4, -0.2) is 6.54 Å². The summed E-state index contributed by atoms with van der Waals surface area (Å²) in [6.45, 7) is 12.9. The minimum Gasteiger partial charge on any atom is -0.457 e. The molecule has 2 nitrogen and oxygen atoms in total. The first-order valence-corrected chi connectivity index (χ1v) is 8.20. The van der Waals surface area contributed by atoms with E-state index < -0.39 is 0 Å². The molecule has 0 saturated heterocycles. The first kappa shape index (κ1) is 25.5. The summed E-state index contributed by atoms with van der Waals surface area (Å²) in [4.78, 5) is 0. The van der Waals surface area contributed by atoms with Crippen molar-refractivity contribution >= 4 is 0 Å². The van der Waals surface area contributed by atoms with Gasteiger partial charge in [0.05, 0.1) is 0 Å². The molecule has 24 heavy (non-hydrogen) atoms. The Morgan fingerprint density at radius 2 is 1.29 bits per heavy atom. The molecule has 131 valence electrons. The van der Waals surface area contributed by atoms with Crippen LogP contribution >= 0.6 is 0 Å². The first-order chi connectivity index (χ1) is 10.8. The van der Waals surface area contributed by atoms with Gasteiger partial charge in [-0.25, -0.2) is 0 Å². The zero-order valence-electron chi connectivity index (χ0n) is 14.8. The van der Waals surface area contributed by atoms with Crippen molar-refractivity contribution in [1.82, 2.24) is 0 Å². The van der Waals surface area contributed by atoms with Crippen LogP contribution in [0, 0.1) is 6.92 Å². The van der Waals surface area contributed by atoms with E-state index in [0.29, 0.717) is 6.54 Å². The van der Waals surface area contributed by atoms with Crippen LogP contribution in [0.5, 0.6) is 11.5 Å². The first-order valence-electron chi connectivity index (χ1n) is 8.20. The number of hydrogen-bond donors (Lipinski definition) is 1. The summed E-state index contributed by atoms with van der Waals surface area (Å²) in [5, 5.41) is 0. The van der Waals surface area contributed by atoms with Crippen LogP contribution in [0.2, 0.25) is 0 Å². The Morgan fingerprint density at radius 3 is 1.79 bits per heavy atom. The minimum atomic E-state index is 0. The van der Waals surface area contributed by atoms with E-state index in [1.807, 2.05) is 64.1 Å². The molecule has 1 heterocycles. The maximum Gasteiger partial charge on any atom is 0.130 e. The molecule has 0 saturated carbocycles. The van der Waals surface area contributed by atoms with Gasteiger partial charge in [-0.05, 0) is 35.7 Å². The Labute approximate surface area is 174 Å². The quantitative estimate of drug-likeness (QED) is 0.581. The number of fused-ring (bicyclic) bond motifs is 2. The Bertz CT molecular complexity index is 571. The van der Waals surface area contributed by atoms with Gasteiger partial charge in [-0.3, -0.25) is 0 Å². The number of benzene rings is 2. The van der Waals surface area contributed by atoms with Crippen LogP contribution in [0.1, 0.15) is 58.1 Å². The van der Waals surface area contributed by atoms with Gasteiger partial charge < -0.3 is 17.4 Å². The molecule has 2 aromatic rings. The van der Waals surface area contributed by atoms with Gasteiger partial charge in [0.15, 0.2) is 0 Å². The molecule has 1 aliphatic rings. The van der Waals surface area contributed by atoms with Crippen LogP contribution < -0.4 is 10.5 Å². The van der Waals surface area contributed by atoms with Gasteiger partial charge in [0.2, 0.25) is 0 Å². The fraction of sp³-hybridized carbons (Fsp3) is 0.381. The number of ether oxygens (including phenoxy) is 1. The predicted octanol–water partition coefficient (Wildman–Crippen LogP) is 6.14. The third-order valence-corrected chi connectivity index (χ3v) is 3.60. The summed E-state index contributed by atoms with van der Waals surface area (Å²) in [7, 11) is 0. The molecule has 0 fully saturated rings. The van der Waals surface area contributed by atoms with Gasteiger partial charge in [-0.2, -0.15) is 0 Å². The van der Waals surface area contributed by atoms with Gasteiger partial charge in [0.25, 0.3) is 0 Å². The molecule has 2 N–H and O–H groups in total. The maximum atomic E-state index is 6.01. The number of rotatable bonds is 1. The molecule has 0 aliphatic carbocycles. The van der Waals surface area contributed by atoms with E-state index in [1.54, 1.807) is 0 Å². The Balaban J connectivity index is 0. The summed E-state index contributed by atoms with van der Waals surface area (Å²) in [5.41, 5.74) is 8.22. The van der Waals surface area contributed by atoms with Crippen molar-refractivity contribution < 1.29 is 37.4 Å². The zero-order chi connectivity index (χ0) is 16.5. The smallest absolute Gasteiger partial charge is 0.130 e. The molecule has 2 atom stereocenters. The van der Waals surface area contributed by atoms with Crippen molar-refractivity contribution in [2.24, 2.45) is 5.73 Å². The van der Waals surface area contributed by atoms with Crippen molar-refractivity contribution in [3.63, 3.8) is 0 Å². The molecule has 1 radical (unpaired) electrons. The Morgan fingerprint density at radius 1 is 0.875 bits per heavy atom. The van der Waals surface area contributed by atoms with E-state index in [4.69, 9.17) is 10.5 Å². The van der Waals surface area contributed by atoms with Gasteiger partial charge in [-0.15, -0.1) is 5.92 Å². The van der Waals surface area contributed by atoms with Gasteiger partial charge in [0, 0.05) is 32.7 Å². The Kier molecular flexibility index (Phi) is 14.5. The molecular formula is C21H32NOY-. The van der Waals surface area contributed by atoms with Crippen LogP contribution in [0.15, 0.2) is 48.5 Å². The van der Waals surface area contributed by atoms with Crippen LogP contribution in [0.3, 0.4) is 0 Å². The largest absolute Gasteiger partial charge is 0.457 e. The fourth-order valence-electron chi connectivity index (χ4n) is 2.60. The SMILES string of the molecule is C.CC.CC.[CH2-][C@H]1c2ccccc2Oc2ccccc2[C@@H]1CN.[Y].